The number of thiazole rings is 3. The molecule has 28 heteroatoms. The van der Waals surface area contributed by atoms with Crippen molar-refractivity contribution in [1.82, 2.24) is 19.9 Å². The van der Waals surface area contributed by atoms with Crippen LogP contribution in [0.15, 0.2) is 122 Å². The fraction of sp³-hybridized carbons (Fsp3) is 0.0625. The van der Waals surface area contributed by atoms with Gasteiger partial charge in [0.25, 0.3) is 17.1 Å². The fourth-order valence-corrected chi connectivity index (χ4v) is 7.51. The molecule has 0 radical (unpaired) electrons. The molecule has 8 rings (SSSR count). The van der Waals surface area contributed by atoms with Gasteiger partial charge in [0.1, 0.15) is 61.4 Å². The molecule has 0 atom stereocenters. The van der Waals surface area contributed by atoms with Crippen LogP contribution in [-0.2, 0) is 0 Å². The van der Waals surface area contributed by atoms with Crippen LogP contribution < -0.4 is 30.6 Å². The molecule has 4 heterocycles. The predicted molar refractivity (Wildman–Crippen MR) is 297 cm³/mol. The number of amides is 2. The van der Waals surface area contributed by atoms with Crippen molar-refractivity contribution >= 4 is 143 Å². The van der Waals surface area contributed by atoms with Gasteiger partial charge in [0.15, 0.2) is 15.4 Å². The Kier molecular flexibility index (Phi) is 28.7. The molecule has 0 saturated heterocycles. The van der Waals surface area contributed by atoms with Crippen molar-refractivity contribution in [1.29, 1.82) is 15.8 Å². The summed E-state index contributed by atoms with van der Waals surface area (Å²) in [6, 6.07) is 29.6. The van der Waals surface area contributed by atoms with E-state index in [-0.39, 0.29) is 40.0 Å². The van der Waals surface area contributed by atoms with Crippen molar-refractivity contribution in [3.63, 3.8) is 0 Å². The lowest BCUT2D eigenvalue weighted by atomic mass is 10.2. The van der Waals surface area contributed by atoms with Crippen LogP contribution in [0.2, 0.25) is 20.1 Å². The number of aromatic nitrogens is 4. The minimum Gasteiger partial charge on any atom is -0.507 e. The zero-order valence-electron chi connectivity index (χ0n) is 39.0. The van der Waals surface area contributed by atoms with Crippen molar-refractivity contribution < 1.29 is 43.6 Å². The number of nitriles is 3. The number of phenols is 1. The van der Waals surface area contributed by atoms with Gasteiger partial charge in [-0.05, 0) is 96.5 Å². The number of pyridine rings is 1. The van der Waals surface area contributed by atoms with Gasteiger partial charge in [-0.15, -0.1) is 12.4 Å². The number of carboxylic acid groups (broad SMARTS) is 1. The molecule has 392 valence electrons. The monoisotopic (exact) mass is 1200 g/mol. The Balaban J connectivity index is 0.000000323. The first kappa shape index (κ1) is 64.3. The highest BCUT2D eigenvalue weighted by molar-refractivity contribution is 7.16. The summed E-state index contributed by atoms with van der Waals surface area (Å²) < 4.78 is 14.8. The van der Waals surface area contributed by atoms with Crippen molar-refractivity contribution in [2.75, 3.05) is 37.7 Å². The van der Waals surface area contributed by atoms with E-state index in [1.807, 2.05) is 36.4 Å². The Morgan fingerprint density at radius 1 is 0.579 bits per heavy atom. The van der Waals surface area contributed by atoms with Crippen LogP contribution in [0.3, 0.4) is 0 Å². The Morgan fingerprint density at radius 2 is 0.961 bits per heavy atom. The molecule has 6 N–H and O–H groups in total. The van der Waals surface area contributed by atoms with Crippen LogP contribution in [0.5, 0.6) is 23.0 Å². The fourth-order valence-electron chi connectivity index (χ4n) is 4.98. The van der Waals surface area contributed by atoms with Gasteiger partial charge in [0.2, 0.25) is 0 Å². The first-order valence-electron chi connectivity index (χ1n) is 20.1. The number of benzene rings is 4. The molecular formula is C48H36Cl6N10O9S3. The van der Waals surface area contributed by atoms with Crippen LogP contribution in [0.1, 0.15) is 56.1 Å². The van der Waals surface area contributed by atoms with Gasteiger partial charge < -0.3 is 30.2 Å². The van der Waals surface area contributed by atoms with Crippen LogP contribution in [0, 0.1) is 34.0 Å². The number of nitrogen functional groups attached to an aromatic ring is 1. The molecule has 0 aliphatic rings. The Labute approximate surface area is 476 Å². The maximum absolute atomic E-state index is 12.1. The molecular weight excluding hydrogens is 1170 g/mol. The molecule has 0 saturated carbocycles. The van der Waals surface area contributed by atoms with Crippen LogP contribution >= 0.6 is 104 Å². The van der Waals surface area contributed by atoms with Crippen molar-refractivity contribution in [3.05, 3.63) is 179 Å². The van der Waals surface area contributed by atoms with E-state index in [0.717, 1.165) is 22.7 Å². The second kappa shape index (κ2) is 33.9. The number of carbonyl (C=O) groups excluding carboxylic acids is 3. The van der Waals surface area contributed by atoms with Gasteiger partial charge >= 0.3 is 5.97 Å². The van der Waals surface area contributed by atoms with E-state index >= 15 is 0 Å². The Morgan fingerprint density at radius 3 is 1.32 bits per heavy atom. The largest absolute Gasteiger partial charge is 0.507 e. The first-order valence-corrected chi connectivity index (χ1v) is 24.4. The number of ether oxygens (including phenoxy) is 3. The number of aromatic hydroxyl groups is 1. The third-order valence-electron chi connectivity index (χ3n) is 8.25. The highest BCUT2D eigenvalue weighted by Crippen LogP contribution is 2.27. The molecule has 0 aliphatic heterocycles. The number of aromatic carboxylic acids is 1. The minimum atomic E-state index is -1.05. The maximum Gasteiger partial charge on any atom is 0.339 e. The van der Waals surface area contributed by atoms with Crippen molar-refractivity contribution in [2.45, 2.75) is 0 Å². The van der Waals surface area contributed by atoms with Gasteiger partial charge in [-0.1, -0.05) is 86.5 Å². The highest BCUT2D eigenvalue weighted by atomic mass is 35.5. The summed E-state index contributed by atoms with van der Waals surface area (Å²) >= 11 is 31.5. The van der Waals surface area contributed by atoms with E-state index in [0.29, 0.717) is 67.8 Å². The lowest BCUT2D eigenvalue weighted by Gasteiger charge is -2.07. The summed E-state index contributed by atoms with van der Waals surface area (Å²) in [5.74, 6) is -0.986. The van der Waals surface area contributed by atoms with E-state index < -0.39 is 23.0 Å². The molecule has 0 fully saturated rings. The van der Waals surface area contributed by atoms with Crippen molar-refractivity contribution in [2.24, 2.45) is 0 Å². The molecule has 19 nitrogen and oxygen atoms in total. The lowest BCUT2D eigenvalue weighted by molar-refractivity contribution is 0.0692. The van der Waals surface area contributed by atoms with E-state index in [1.165, 1.54) is 93.7 Å². The zero-order valence-corrected chi connectivity index (χ0v) is 46.1. The van der Waals surface area contributed by atoms with Crippen LogP contribution in [-0.4, -0.2) is 74.5 Å². The summed E-state index contributed by atoms with van der Waals surface area (Å²) in [6.45, 7) is 0. The molecule has 76 heavy (non-hydrogen) atoms. The van der Waals surface area contributed by atoms with Gasteiger partial charge in [-0.3, -0.25) is 30.0 Å². The number of halogens is 6. The molecule has 4 aromatic carbocycles. The van der Waals surface area contributed by atoms with Crippen LogP contribution in [0.25, 0.3) is 0 Å². The topological polar surface area (TPSA) is 309 Å². The number of nitrogens with two attached hydrogens (primary N) is 1. The molecule has 2 amide bonds. The third-order valence-corrected chi connectivity index (χ3v) is 11.8. The number of rotatable bonds is 9. The number of hydrogen-bond donors (Lipinski definition) is 5. The average molecular weight is 1210 g/mol. The number of anilines is 3. The van der Waals surface area contributed by atoms with E-state index in [2.05, 4.69) is 30.6 Å². The van der Waals surface area contributed by atoms with Gasteiger partial charge in [-0.2, -0.15) is 15.8 Å². The summed E-state index contributed by atoms with van der Waals surface area (Å²) in [5.41, 5.74) is 5.93. The number of phenolic OH excluding ortho intramolecular Hbond substituents is 1. The van der Waals surface area contributed by atoms with Crippen LogP contribution in [0.4, 0.5) is 15.4 Å². The zero-order chi connectivity index (χ0) is 55.5. The standard InChI is InChI=1S/C12H8ClN3O2S.C11H6ClN3O2S.C8H6Cl2O2.C8H7ClO3.C5H5N.C4H3N3S.ClH/c1-18-10-3-2-7(13)4-9(10)11(17)16-12-15-6-8(5-14)19-12;12-6-1-2-9(16)8(3-6)10(17)15-11-14-5-7(4-13)18-11;2*1-12-7-3-2-5(9)4-6(7)8(10)11;1-2-4-6-5-3-1;5-1-3-2-7-4(6)8-3;/h2-4,6H,1H3,(H,15,16,17);1-3,5,16H,(H,14,15,17);2-4H,1H3;2-4H,1H3,(H,10,11);1-5H;2H,(H2,6,7);1H. The number of nitrogens with one attached hydrogen (secondary N) is 2. The smallest absolute Gasteiger partial charge is 0.339 e. The molecule has 0 spiro atoms. The predicted octanol–water partition coefficient (Wildman–Crippen LogP) is 12.4. The quantitative estimate of drug-likeness (QED) is 0.0839. The van der Waals surface area contributed by atoms with Gasteiger partial charge in [-0.25, -0.2) is 19.7 Å². The third kappa shape index (κ3) is 22.0. The maximum atomic E-state index is 12.1. The summed E-state index contributed by atoms with van der Waals surface area (Å²) in [5, 5.41) is 51.0. The molecule has 4 aromatic heterocycles. The summed E-state index contributed by atoms with van der Waals surface area (Å²) in [7, 11) is 4.35. The van der Waals surface area contributed by atoms with Crippen molar-refractivity contribution in [3.8, 4) is 41.2 Å². The molecule has 0 bridgehead atoms. The number of carboxylic acids is 1. The molecule has 0 unspecified atom stereocenters. The minimum absolute atomic E-state index is 0. The Bertz CT molecular complexity index is 3260. The van der Waals surface area contributed by atoms with Gasteiger partial charge in [0, 0.05) is 32.5 Å². The average Bonchev–Trinajstić information content (AvgIpc) is 4.19. The van der Waals surface area contributed by atoms with E-state index in [1.54, 1.807) is 42.7 Å². The molecule has 0 aliphatic carbocycles. The second-order valence-corrected chi connectivity index (χ2v) is 18.4. The lowest BCUT2D eigenvalue weighted by Crippen LogP contribution is -2.12. The number of methoxy groups -OCH3 is 3. The number of carbonyl (C=O) groups is 4. The number of nitrogens with zero attached hydrogens (tertiary/aromatic N) is 7. The summed E-state index contributed by atoms with van der Waals surface area (Å²) in [4.78, 5) is 61.9. The number of hydrogen-bond acceptors (Lipinski definition) is 19. The molecule has 8 aromatic rings. The summed E-state index contributed by atoms with van der Waals surface area (Å²) in [6.07, 6.45) is 7.72. The highest BCUT2D eigenvalue weighted by Gasteiger charge is 2.16. The second-order valence-electron chi connectivity index (χ2n) is 13.2. The van der Waals surface area contributed by atoms with E-state index in [9.17, 15) is 24.3 Å². The first-order chi connectivity index (χ1) is 35.9. The SMILES string of the molecule is COc1ccc(Cl)cc1C(=O)Cl.COc1ccc(Cl)cc1C(=O)Nc1ncc(C#N)s1.COc1ccc(Cl)cc1C(=O)O.Cl.N#Cc1cnc(N)s1.N#Cc1cnc(NC(=O)c2cc(Cl)ccc2O)s1.c1ccncc1. The van der Waals surface area contributed by atoms with Gasteiger partial charge in [0.05, 0.1) is 56.6 Å². The normalized spacial score (nSPS) is 9.28. The Hall–Kier alpha value is -7.79. The van der Waals surface area contributed by atoms with E-state index in [4.69, 9.17) is 98.8 Å².